The summed E-state index contributed by atoms with van der Waals surface area (Å²) in [5.41, 5.74) is 0.469. The molecule has 1 heterocycles. The van der Waals surface area contributed by atoms with Crippen LogP contribution in [0.15, 0.2) is 18.2 Å². The van der Waals surface area contributed by atoms with Crippen molar-refractivity contribution in [3.8, 4) is 11.5 Å². The van der Waals surface area contributed by atoms with Crippen LogP contribution >= 0.6 is 0 Å². The first-order chi connectivity index (χ1) is 10.9. The molecule has 0 radical (unpaired) electrons. The number of hydrogen-bond acceptors (Lipinski definition) is 5. The highest BCUT2D eigenvalue weighted by atomic mass is 32.2. The molecular weight excluding hydrogens is 318 g/mol. The summed E-state index contributed by atoms with van der Waals surface area (Å²) < 4.78 is 34.0. The molecule has 6 nitrogen and oxygen atoms in total. The second-order valence-electron chi connectivity index (χ2n) is 5.45. The smallest absolute Gasteiger partial charge is 0.254 e. The van der Waals surface area contributed by atoms with Crippen LogP contribution in [-0.4, -0.2) is 57.0 Å². The number of amides is 1. The van der Waals surface area contributed by atoms with Crippen LogP contribution in [0.5, 0.6) is 11.5 Å². The highest BCUT2D eigenvalue weighted by Crippen LogP contribution is 2.29. The first-order valence-corrected chi connectivity index (χ1v) is 9.56. The Hall–Kier alpha value is -1.76. The zero-order chi connectivity index (χ0) is 17.0. The third-order valence-corrected chi connectivity index (χ3v) is 5.71. The fourth-order valence-electron chi connectivity index (χ4n) is 2.83. The average Bonchev–Trinajstić information content (AvgIpc) is 2.88. The van der Waals surface area contributed by atoms with Crippen LogP contribution < -0.4 is 9.47 Å². The van der Waals surface area contributed by atoms with Gasteiger partial charge in [0.05, 0.1) is 25.2 Å². The van der Waals surface area contributed by atoms with Crippen molar-refractivity contribution in [3.05, 3.63) is 23.8 Å². The van der Waals surface area contributed by atoms with E-state index >= 15 is 0 Å². The van der Waals surface area contributed by atoms with Crippen LogP contribution in [0, 0.1) is 0 Å². The molecule has 23 heavy (non-hydrogen) atoms. The number of ether oxygens (including phenoxy) is 2. The van der Waals surface area contributed by atoms with Crippen molar-refractivity contribution in [1.82, 2.24) is 4.90 Å². The maximum atomic E-state index is 12.7. The van der Waals surface area contributed by atoms with E-state index in [2.05, 4.69) is 0 Å². The van der Waals surface area contributed by atoms with E-state index in [1.54, 1.807) is 23.1 Å². The molecule has 0 aliphatic carbocycles. The number of nitrogens with zero attached hydrogens (tertiary/aromatic N) is 1. The number of hydrogen-bond donors (Lipinski definition) is 0. The summed E-state index contributed by atoms with van der Waals surface area (Å²) in [7, 11) is -1.51. The van der Waals surface area contributed by atoms with Gasteiger partial charge in [0.25, 0.3) is 5.91 Å². The van der Waals surface area contributed by atoms with Gasteiger partial charge in [-0.3, -0.25) is 4.79 Å². The Bertz CT molecular complexity index is 671. The zero-order valence-corrected chi connectivity index (χ0v) is 14.6. The van der Waals surface area contributed by atoms with Crippen LogP contribution in [-0.2, 0) is 9.84 Å². The van der Waals surface area contributed by atoms with Gasteiger partial charge in [-0.25, -0.2) is 8.42 Å². The molecule has 1 aromatic rings. The minimum atomic E-state index is -3.03. The molecule has 1 aliphatic rings. The predicted molar refractivity (Wildman–Crippen MR) is 87.9 cm³/mol. The monoisotopic (exact) mass is 341 g/mol. The number of benzene rings is 1. The zero-order valence-electron chi connectivity index (χ0n) is 13.7. The minimum absolute atomic E-state index is 0.0424. The van der Waals surface area contributed by atoms with Crippen molar-refractivity contribution >= 4 is 15.7 Å². The molecule has 0 saturated carbocycles. The Morgan fingerprint density at radius 3 is 2.57 bits per heavy atom. The molecule has 0 aromatic heterocycles. The maximum absolute atomic E-state index is 12.7. The normalized spacial score (nSPS) is 19.3. The number of methoxy groups -OCH3 is 1. The molecule has 0 spiro atoms. The van der Waals surface area contributed by atoms with Gasteiger partial charge in [0.2, 0.25) is 0 Å². The van der Waals surface area contributed by atoms with E-state index in [9.17, 15) is 13.2 Å². The van der Waals surface area contributed by atoms with E-state index in [0.29, 0.717) is 36.6 Å². The topological polar surface area (TPSA) is 72.9 Å². The van der Waals surface area contributed by atoms with E-state index < -0.39 is 9.84 Å². The quantitative estimate of drug-likeness (QED) is 0.788. The number of rotatable bonds is 6. The van der Waals surface area contributed by atoms with Gasteiger partial charge in [-0.05, 0) is 38.5 Å². The predicted octanol–water partition coefficient (Wildman–Crippen LogP) is 1.74. The second-order valence-corrected chi connectivity index (χ2v) is 7.68. The molecule has 1 amide bonds. The molecule has 0 bridgehead atoms. The van der Waals surface area contributed by atoms with Gasteiger partial charge in [-0.2, -0.15) is 0 Å². The van der Waals surface area contributed by atoms with Crippen LogP contribution in [0.25, 0.3) is 0 Å². The van der Waals surface area contributed by atoms with E-state index in [-0.39, 0.29) is 23.5 Å². The van der Waals surface area contributed by atoms with Crippen LogP contribution in [0.3, 0.4) is 0 Å². The molecule has 2 rings (SSSR count). The summed E-state index contributed by atoms with van der Waals surface area (Å²) in [5, 5.41) is 0. The third kappa shape index (κ3) is 3.96. The summed E-state index contributed by atoms with van der Waals surface area (Å²) in [6.45, 7) is 4.70. The Morgan fingerprint density at radius 1 is 1.30 bits per heavy atom. The lowest BCUT2D eigenvalue weighted by atomic mass is 10.1. The Labute approximate surface area is 137 Å². The van der Waals surface area contributed by atoms with Gasteiger partial charge in [-0.15, -0.1) is 0 Å². The standard InChI is InChI=1S/C16H23NO5S/c1-4-17(13-8-9-23(19,20)11-13)16(18)12-6-7-14(22-5-2)15(10-12)21-3/h6-7,10,13H,4-5,8-9,11H2,1-3H3. The highest BCUT2D eigenvalue weighted by Gasteiger charge is 2.34. The summed E-state index contributed by atoms with van der Waals surface area (Å²) in [5.74, 6) is 1.08. The largest absolute Gasteiger partial charge is 0.493 e. The number of carbonyl (C=O) groups excluding carboxylic acids is 1. The molecular formula is C16H23NO5S. The molecule has 0 N–H and O–H groups in total. The van der Waals surface area contributed by atoms with E-state index in [4.69, 9.17) is 9.47 Å². The Kier molecular flexibility index (Phi) is 5.51. The van der Waals surface area contributed by atoms with Gasteiger partial charge in [0.15, 0.2) is 21.3 Å². The van der Waals surface area contributed by atoms with Crippen molar-refractivity contribution in [2.75, 3.05) is 31.8 Å². The van der Waals surface area contributed by atoms with Crippen molar-refractivity contribution in [1.29, 1.82) is 0 Å². The molecule has 1 atom stereocenters. The van der Waals surface area contributed by atoms with Crippen molar-refractivity contribution in [2.24, 2.45) is 0 Å². The van der Waals surface area contributed by atoms with Gasteiger partial charge in [0, 0.05) is 18.2 Å². The molecule has 1 aromatic carbocycles. The molecule has 1 fully saturated rings. The SMILES string of the molecule is CCOc1ccc(C(=O)N(CC)C2CCS(=O)(=O)C2)cc1OC. The third-order valence-electron chi connectivity index (χ3n) is 3.96. The summed E-state index contributed by atoms with van der Waals surface area (Å²) in [6.07, 6.45) is 0.496. The number of carbonyl (C=O) groups is 1. The highest BCUT2D eigenvalue weighted by molar-refractivity contribution is 7.91. The summed E-state index contributed by atoms with van der Waals surface area (Å²) in [4.78, 5) is 14.4. The van der Waals surface area contributed by atoms with Gasteiger partial charge in [0.1, 0.15) is 0 Å². The second kappa shape index (κ2) is 7.21. The van der Waals surface area contributed by atoms with Crippen LogP contribution in [0.1, 0.15) is 30.6 Å². The lowest BCUT2D eigenvalue weighted by Gasteiger charge is -2.27. The summed E-state index contributed by atoms with van der Waals surface area (Å²) in [6, 6.07) is 4.77. The van der Waals surface area contributed by atoms with Crippen molar-refractivity contribution in [2.45, 2.75) is 26.3 Å². The van der Waals surface area contributed by atoms with Gasteiger partial charge < -0.3 is 14.4 Å². The molecule has 1 unspecified atom stereocenters. The lowest BCUT2D eigenvalue weighted by Crippen LogP contribution is -2.40. The van der Waals surface area contributed by atoms with Crippen LogP contribution in [0.2, 0.25) is 0 Å². The number of sulfone groups is 1. The molecule has 7 heteroatoms. The fourth-order valence-corrected chi connectivity index (χ4v) is 4.56. The van der Waals surface area contributed by atoms with Crippen molar-refractivity contribution in [3.63, 3.8) is 0 Å². The van der Waals surface area contributed by atoms with Crippen LogP contribution in [0.4, 0.5) is 0 Å². The van der Waals surface area contributed by atoms with E-state index in [1.807, 2.05) is 13.8 Å². The summed E-state index contributed by atoms with van der Waals surface area (Å²) >= 11 is 0. The van der Waals surface area contributed by atoms with Gasteiger partial charge >= 0.3 is 0 Å². The molecule has 128 valence electrons. The van der Waals surface area contributed by atoms with E-state index in [1.165, 1.54) is 7.11 Å². The Morgan fingerprint density at radius 2 is 2.04 bits per heavy atom. The molecule has 1 saturated heterocycles. The van der Waals surface area contributed by atoms with Gasteiger partial charge in [-0.1, -0.05) is 0 Å². The first-order valence-electron chi connectivity index (χ1n) is 7.74. The Balaban J connectivity index is 2.24. The molecule has 1 aliphatic heterocycles. The fraction of sp³-hybridized carbons (Fsp3) is 0.562. The van der Waals surface area contributed by atoms with Crippen molar-refractivity contribution < 1.29 is 22.7 Å². The maximum Gasteiger partial charge on any atom is 0.254 e. The lowest BCUT2D eigenvalue weighted by molar-refractivity contribution is 0.0708. The minimum Gasteiger partial charge on any atom is -0.493 e. The average molecular weight is 341 g/mol. The van der Waals surface area contributed by atoms with E-state index in [0.717, 1.165) is 0 Å². The first kappa shape index (κ1) is 17.6.